The molecule has 0 unspecified atom stereocenters. The van der Waals surface area contributed by atoms with Crippen molar-refractivity contribution in [2.75, 3.05) is 33.3 Å². The number of nitrogens with zero attached hydrogens (tertiary/aromatic N) is 4. The zero-order valence-corrected chi connectivity index (χ0v) is 14.9. The molecule has 2 aliphatic heterocycles. The van der Waals surface area contributed by atoms with Crippen molar-refractivity contribution in [2.45, 2.75) is 38.3 Å². The highest BCUT2D eigenvalue weighted by Gasteiger charge is 2.27. The molecule has 4 heterocycles. The van der Waals surface area contributed by atoms with Crippen LogP contribution in [-0.4, -0.2) is 64.5 Å². The smallest absolute Gasteiger partial charge is 0.274 e. The molecular formula is C19H26N4O2. The number of hydrogen-bond acceptors (Lipinski definition) is 4. The van der Waals surface area contributed by atoms with Crippen molar-refractivity contribution in [1.82, 2.24) is 19.2 Å². The standard InChI is InChI=1S/C19H26N4O2/c1-21(13-15-7-6-12-25-15)14-16-18(19(24)22-9-4-5-10-22)20-17-8-2-3-11-23(16)17/h2-3,8,11,15H,4-7,9-10,12-14H2,1H3/t15-/m0/s1. The first kappa shape index (κ1) is 16.5. The summed E-state index contributed by atoms with van der Waals surface area (Å²) in [5.74, 6) is 0.0710. The van der Waals surface area contributed by atoms with E-state index < -0.39 is 0 Å². The normalized spacial score (nSPS) is 20.9. The lowest BCUT2D eigenvalue weighted by atomic mass is 10.2. The molecule has 1 amide bonds. The molecule has 1 atom stereocenters. The van der Waals surface area contributed by atoms with E-state index in [0.717, 1.165) is 63.3 Å². The van der Waals surface area contributed by atoms with E-state index in [4.69, 9.17) is 4.74 Å². The van der Waals surface area contributed by atoms with Gasteiger partial charge in [-0.15, -0.1) is 0 Å². The Morgan fingerprint density at radius 3 is 2.92 bits per heavy atom. The van der Waals surface area contributed by atoms with E-state index >= 15 is 0 Å². The predicted molar refractivity (Wildman–Crippen MR) is 95.6 cm³/mol. The van der Waals surface area contributed by atoms with Crippen LogP contribution < -0.4 is 0 Å². The van der Waals surface area contributed by atoms with Crippen LogP contribution in [0, 0.1) is 0 Å². The van der Waals surface area contributed by atoms with Gasteiger partial charge in [-0.05, 0) is 44.9 Å². The van der Waals surface area contributed by atoms with E-state index in [9.17, 15) is 4.79 Å². The summed E-state index contributed by atoms with van der Waals surface area (Å²) < 4.78 is 7.80. The molecular weight excluding hydrogens is 316 g/mol. The van der Waals surface area contributed by atoms with E-state index in [1.807, 2.05) is 29.3 Å². The highest BCUT2D eigenvalue weighted by atomic mass is 16.5. The van der Waals surface area contributed by atoms with Gasteiger partial charge in [-0.2, -0.15) is 0 Å². The number of likely N-dealkylation sites (tertiary alicyclic amines) is 1. The summed E-state index contributed by atoms with van der Waals surface area (Å²) in [5, 5.41) is 0. The molecule has 0 aromatic carbocycles. The molecule has 0 saturated carbocycles. The molecule has 6 nitrogen and oxygen atoms in total. The van der Waals surface area contributed by atoms with Gasteiger partial charge in [0.05, 0.1) is 11.8 Å². The van der Waals surface area contributed by atoms with Crippen LogP contribution in [0.25, 0.3) is 5.65 Å². The minimum atomic E-state index is 0.0710. The van der Waals surface area contributed by atoms with E-state index in [-0.39, 0.29) is 5.91 Å². The molecule has 0 spiro atoms. The summed E-state index contributed by atoms with van der Waals surface area (Å²) in [7, 11) is 2.09. The number of rotatable bonds is 5. The van der Waals surface area contributed by atoms with E-state index in [1.54, 1.807) is 0 Å². The van der Waals surface area contributed by atoms with Gasteiger partial charge in [-0.3, -0.25) is 9.69 Å². The number of amides is 1. The van der Waals surface area contributed by atoms with Crippen molar-refractivity contribution in [1.29, 1.82) is 0 Å². The first-order valence-corrected chi connectivity index (χ1v) is 9.28. The summed E-state index contributed by atoms with van der Waals surface area (Å²) >= 11 is 0. The van der Waals surface area contributed by atoms with Crippen molar-refractivity contribution in [3.8, 4) is 0 Å². The van der Waals surface area contributed by atoms with Crippen LogP contribution in [0.15, 0.2) is 24.4 Å². The van der Waals surface area contributed by atoms with Gasteiger partial charge in [0.15, 0.2) is 5.69 Å². The number of hydrogen-bond donors (Lipinski definition) is 0. The topological polar surface area (TPSA) is 50.1 Å². The molecule has 2 saturated heterocycles. The Hall–Kier alpha value is -1.92. The first-order valence-electron chi connectivity index (χ1n) is 9.28. The van der Waals surface area contributed by atoms with Crippen LogP contribution in [0.4, 0.5) is 0 Å². The van der Waals surface area contributed by atoms with Gasteiger partial charge in [0.25, 0.3) is 5.91 Å². The Morgan fingerprint density at radius 2 is 2.16 bits per heavy atom. The molecule has 0 bridgehead atoms. The maximum atomic E-state index is 13.0. The highest BCUT2D eigenvalue weighted by molar-refractivity contribution is 5.94. The lowest BCUT2D eigenvalue weighted by Gasteiger charge is -2.21. The minimum absolute atomic E-state index is 0.0710. The first-order chi connectivity index (χ1) is 12.2. The van der Waals surface area contributed by atoms with E-state index in [0.29, 0.717) is 18.3 Å². The van der Waals surface area contributed by atoms with Crippen molar-refractivity contribution in [3.63, 3.8) is 0 Å². The van der Waals surface area contributed by atoms with Crippen LogP contribution in [0.2, 0.25) is 0 Å². The second-order valence-electron chi connectivity index (χ2n) is 7.17. The van der Waals surface area contributed by atoms with Crippen LogP contribution >= 0.6 is 0 Å². The van der Waals surface area contributed by atoms with Crippen LogP contribution in [-0.2, 0) is 11.3 Å². The average Bonchev–Trinajstić information content (AvgIpc) is 3.35. The summed E-state index contributed by atoms with van der Waals surface area (Å²) in [6, 6.07) is 5.92. The van der Waals surface area contributed by atoms with Crippen LogP contribution in [0.5, 0.6) is 0 Å². The molecule has 2 aliphatic rings. The third kappa shape index (κ3) is 3.41. The fraction of sp³-hybridized carbons (Fsp3) is 0.579. The monoisotopic (exact) mass is 342 g/mol. The maximum Gasteiger partial charge on any atom is 0.274 e. The summed E-state index contributed by atoms with van der Waals surface area (Å²) in [4.78, 5) is 21.8. The van der Waals surface area contributed by atoms with Crippen molar-refractivity contribution in [3.05, 3.63) is 35.8 Å². The number of fused-ring (bicyclic) bond motifs is 1. The number of aromatic nitrogens is 2. The number of pyridine rings is 1. The summed E-state index contributed by atoms with van der Waals surface area (Å²) in [6.07, 6.45) is 6.75. The quantitative estimate of drug-likeness (QED) is 0.836. The highest BCUT2D eigenvalue weighted by Crippen LogP contribution is 2.20. The van der Waals surface area contributed by atoms with Crippen molar-refractivity contribution < 1.29 is 9.53 Å². The van der Waals surface area contributed by atoms with Crippen LogP contribution in [0.1, 0.15) is 41.9 Å². The van der Waals surface area contributed by atoms with Gasteiger partial charge in [0, 0.05) is 39.0 Å². The average molecular weight is 342 g/mol. The Morgan fingerprint density at radius 1 is 1.32 bits per heavy atom. The number of imidazole rings is 1. The molecule has 0 N–H and O–H groups in total. The van der Waals surface area contributed by atoms with Gasteiger partial charge in [-0.1, -0.05) is 6.07 Å². The van der Waals surface area contributed by atoms with E-state index in [2.05, 4.69) is 21.3 Å². The Bertz CT molecular complexity index is 745. The van der Waals surface area contributed by atoms with Crippen molar-refractivity contribution in [2.24, 2.45) is 0 Å². The third-order valence-electron chi connectivity index (χ3n) is 5.18. The fourth-order valence-electron chi connectivity index (χ4n) is 3.90. The summed E-state index contributed by atoms with van der Waals surface area (Å²) in [6.45, 7) is 4.14. The second-order valence-corrected chi connectivity index (χ2v) is 7.17. The number of carbonyl (C=O) groups excluding carboxylic acids is 1. The SMILES string of the molecule is CN(Cc1c(C(=O)N2CCCC2)nc2ccccn12)C[C@@H]1CCCO1. The maximum absolute atomic E-state index is 13.0. The Labute approximate surface area is 148 Å². The largest absolute Gasteiger partial charge is 0.377 e. The number of likely N-dealkylation sites (N-methyl/N-ethyl adjacent to an activating group) is 1. The molecule has 4 rings (SSSR count). The van der Waals surface area contributed by atoms with Crippen LogP contribution in [0.3, 0.4) is 0 Å². The van der Waals surface area contributed by atoms with Gasteiger partial charge in [0.1, 0.15) is 5.65 Å². The molecule has 0 aliphatic carbocycles. The second kappa shape index (κ2) is 7.14. The van der Waals surface area contributed by atoms with Gasteiger partial charge < -0.3 is 14.0 Å². The Balaban J connectivity index is 1.60. The molecule has 6 heteroatoms. The van der Waals surface area contributed by atoms with Gasteiger partial charge >= 0.3 is 0 Å². The fourth-order valence-corrected chi connectivity index (χ4v) is 3.90. The van der Waals surface area contributed by atoms with E-state index in [1.165, 1.54) is 0 Å². The minimum Gasteiger partial charge on any atom is -0.377 e. The zero-order chi connectivity index (χ0) is 17.2. The Kier molecular flexibility index (Phi) is 4.72. The lowest BCUT2D eigenvalue weighted by Crippen LogP contribution is -2.32. The molecule has 134 valence electrons. The zero-order valence-electron chi connectivity index (χ0n) is 14.9. The molecule has 25 heavy (non-hydrogen) atoms. The van der Waals surface area contributed by atoms with Gasteiger partial charge in [-0.25, -0.2) is 4.98 Å². The van der Waals surface area contributed by atoms with Crippen molar-refractivity contribution >= 4 is 11.6 Å². The summed E-state index contributed by atoms with van der Waals surface area (Å²) in [5.41, 5.74) is 2.42. The third-order valence-corrected chi connectivity index (χ3v) is 5.18. The molecule has 0 radical (unpaired) electrons. The molecule has 2 fully saturated rings. The molecule has 2 aromatic rings. The molecule has 2 aromatic heterocycles. The predicted octanol–water partition coefficient (Wildman–Crippen LogP) is 2.18. The number of ether oxygens (including phenoxy) is 1. The number of carbonyl (C=O) groups is 1. The van der Waals surface area contributed by atoms with Gasteiger partial charge in [0.2, 0.25) is 0 Å². The lowest BCUT2D eigenvalue weighted by molar-refractivity contribution is 0.0766.